The molecule has 0 radical (unpaired) electrons. The Bertz CT molecular complexity index is 439. The molecule has 7 nitrogen and oxygen atoms in total. The lowest BCUT2D eigenvalue weighted by molar-refractivity contribution is -0.139. The van der Waals surface area contributed by atoms with Gasteiger partial charge in [-0.1, -0.05) is 19.0 Å². The summed E-state index contributed by atoms with van der Waals surface area (Å²) in [6.45, 7) is 5.31. The molecule has 0 aliphatic carbocycles. The second-order valence-electron chi connectivity index (χ2n) is 4.92. The standard InChI is InChI=1S/C11H17N3O4/c1-7-13-8(14-18-7)6-12-9(15)4-11(2,3)5-10(16)17/h4-6H2,1-3H3,(H,12,15)(H,16,17). The van der Waals surface area contributed by atoms with Gasteiger partial charge in [-0.05, 0) is 5.41 Å². The minimum atomic E-state index is -0.915. The summed E-state index contributed by atoms with van der Waals surface area (Å²) >= 11 is 0. The number of aryl methyl sites for hydroxylation is 1. The summed E-state index contributed by atoms with van der Waals surface area (Å²) in [6, 6.07) is 0. The second-order valence-corrected chi connectivity index (χ2v) is 4.92. The molecule has 1 aromatic rings. The Balaban J connectivity index is 2.39. The number of hydrogen-bond donors (Lipinski definition) is 2. The highest BCUT2D eigenvalue weighted by Gasteiger charge is 2.25. The molecule has 0 bridgehead atoms. The van der Waals surface area contributed by atoms with Crippen LogP contribution in [0, 0.1) is 12.3 Å². The predicted octanol–water partition coefficient (Wildman–Crippen LogP) is 0.885. The molecular weight excluding hydrogens is 238 g/mol. The number of carboxylic acid groups (broad SMARTS) is 1. The van der Waals surface area contributed by atoms with Gasteiger partial charge in [0.25, 0.3) is 0 Å². The van der Waals surface area contributed by atoms with E-state index in [1.807, 2.05) is 0 Å². The van der Waals surface area contributed by atoms with Gasteiger partial charge in [0.2, 0.25) is 11.8 Å². The average molecular weight is 255 g/mol. The van der Waals surface area contributed by atoms with Gasteiger partial charge in [-0.15, -0.1) is 0 Å². The topological polar surface area (TPSA) is 105 Å². The van der Waals surface area contributed by atoms with E-state index in [2.05, 4.69) is 15.5 Å². The summed E-state index contributed by atoms with van der Waals surface area (Å²) in [7, 11) is 0. The van der Waals surface area contributed by atoms with Crippen molar-refractivity contribution in [3.8, 4) is 0 Å². The summed E-state index contributed by atoms with van der Waals surface area (Å²) < 4.78 is 4.76. The molecule has 2 N–H and O–H groups in total. The zero-order chi connectivity index (χ0) is 13.8. The van der Waals surface area contributed by atoms with Gasteiger partial charge in [-0.3, -0.25) is 9.59 Å². The number of carboxylic acids is 1. The first-order valence-electron chi connectivity index (χ1n) is 5.56. The Morgan fingerprint density at radius 1 is 1.39 bits per heavy atom. The molecule has 0 aliphatic rings. The molecule has 0 saturated heterocycles. The first-order valence-corrected chi connectivity index (χ1v) is 5.56. The largest absolute Gasteiger partial charge is 0.481 e. The van der Waals surface area contributed by atoms with E-state index in [9.17, 15) is 9.59 Å². The molecule has 18 heavy (non-hydrogen) atoms. The van der Waals surface area contributed by atoms with Gasteiger partial charge in [0, 0.05) is 13.3 Å². The number of carbonyl (C=O) groups is 2. The van der Waals surface area contributed by atoms with Crippen LogP contribution in [0.1, 0.15) is 38.4 Å². The van der Waals surface area contributed by atoms with Crippen molar-refractivity contribution in [3.63, 3.8) is 0 Å². The van der Waals surface area contributed by atoms with Crippen molar-refractivity contribution in [1.29, 1.82) is 0 Å². The van der Waals surface area contributed by atoms with Crippen LogP contribution in [0.4, 0.5) is 0 Å². The minimum Gasteiger partial charge on any atom is -0.481 e. The number of rotatable bonds is 6. The maximum atomic E-state index is 11.6. The summed E-state index contributed by atoms with van der Waals surface area (Å²) in [6.07, 6.45) is 0.0812. The Hall–Kier alpha value is -1.92. The Morgan fingerprint density at radius 3 is 2.56 bits per heavy atom. The van der Waals surface area contributed by atoms with Crippen molar-refractivity contribution >= 4 is 11.9 Å². The molecule has 1 amide bonds. The molecule has 0 saturated carbocycles. The van der Waals surface area contributed by atoms with Crippen molar-refractivity contribution in [2.75, 3.05) is 0 Å². The number of hydrogen-bond acceptors (Lipinski definition) is 5. The van der Waals surface area contributed by atoms with E-state index in [1.54, 1.807) is 20.8 Å². The highest BCUT2D eigenvalue weighted by molar-refractivity contribution is 5.77. The van der Waals surface area contributed by atoms with Crippen LogP contribution in [0.25, 0.3) is 0 Å². The van der Waals surface area contributed by atoms with Crippen molar-refractivity contribution in [1.82, 2.24) is 15.5 Å². The van der Waals surface area contributed by atoms with E-state index in [1.165, 1.54) is 0 Å². The monoisotopic (exact) mass is 255 g/mol. The van der Waals surface area contributed by atoms with E-state index < -0.39 is 11.4 Å². The molecule has 1 aromatic heterocycles. The van der Waals surface area contributed by atoms with Gasteiger partial charge in [-0.25, -0.2) is 0 Å². The number of nitrogens with zero attached hydrogens (tertiary/aromatic N) is 2. The summed E-state index contributed by atoms with van der Waals surface area (Å²) in [4.78, 5) is 26.2. The summed E-state index contributed by atoms with van der Waals surface area (Å²) in [5.41, 5.74) is -0.580. The Morgan fingerprint density at radius 2 is 2.06 bits per heavy atom. The smallest absolute Gasteiger partial charge is 0.303 e. The highest BCUT2D eigenvalue weighted by atomic mass is 16.5. The van der Waals surface area contributed by atoms with Gasteiger partial charge in [0.05, 0.1) is 13.0 Å². The van der Waals surface area contributed by atoms with Crippen LogP contribution in [-0.2, 0) is 16.1 Å². The van der Waals surface area contributed by atoms with Crippen LogP contribution >= 0.6 is 0 Å². The van der Waals surface area contributed by atoms with E-state index in [4.69, 9.17) is 9.63 Å². The van der Waals surface area contributed by atoms with Gasteiger partial charge < -0.3 is 14.9 Å². The van der Waals surface area contributed by atoms with Crippen LogP contribution < -0.4 is 5.32 Å². The van der Waals surface area contributed by atoms with Crippen molar-refractivity contribution in [2.45, 2.75) is 40.2 Å². The zero-order valence-corrected chi connectivity index (χ0v) is 10.7. The van der Waals surface area contributed by atoms with Gasteiger partial charge in [0.1, 0.15) is 0 Å². The van der Waals surface area contributed by atoms with Gasteiger partial charge in [0.15, 0.2) is 5.82 Å². The summed E-state index contributed by atoms with van der Waals surface area (Å²) in [5.74, 6) is -0.312. The molecule has 7 heteroatoms. The number of aliphatic carboxylic acids is 1. The van der Waals surface area contributed by atoms with E-state index in [-0.39, 0.29) is 25.3 Å². The van der Waals surface area contributed by atoms with Crippen LogP contribution in [-0.4, -0.2) is 27.1 Å². The molecule has 0 atom stereocenters. The molecule has 0 fully saturated rings. The quantitative estimate of drug-likeness (QED) is 0.781. The lowest BCUT2D eigenvalue weighted by atomic mass is 9.85. The number of aromatic nitrogens is 2. The number of carbonyl (C=O) groups excluding carboxylic acids is 1. The fourth-order valence-electron chi connectivity index (χ4n) is 1.56. The average Bonchev–Trinajstić information content (AvgIpc) is 2.58. The third kappa shape index (κ3) is 4.94. The van der Waals surface area contributed by atoms with Crippen molar-refractivity contribution in [2.24, 2.45) is 5.41 Å². The van der Waals surface area contributed by atoms with E-state index in [0.717, 1.165) is 0 Å². The Kier molecular flexibility index (Phi) is 4.41. The molecule has 1 rings (SSSR count). The molecule has 0 spiro atoms. The van der Waals surface area contributed by atoms with Crippen LogP contribution in [0.15, 0.2) is 4.52 Å². The molecule has 100 valence electrons. The fraction of sp³-hybridized carbons (Fsp3) is 0.636. The third-order valence-corrected chi connectivity index (χ3v) is 2.28. The van der Waals surface area contributed by atoms with Crippen LogP contribution in [0.5, 0.6) is 0 Å². The van der Waals surface area contributed by atoms with Crippen LogP contribution in [0.2, 0.25) is 0 Å². The first kappa shape index (κ1) is 14.1. The second kappa shape index (κ2) is 5.61. The molecular formula is C11H17N3O4. The third-order valence-electron chi connectivity index (χ3n) is 2.28. The maximum absolute atomic E-state index is 11.6. The van der Waals surface area contributed by atoms with Crippen LogP contribution in [0.3, 0.4) is 0 Å². The lowest BCUT2D eigenvalue weighted by Crippen LogP contribution is -2.30. The van der Waals surface area contributed by atoms with Crippen molar-refractivity contribution in [3.05, 3.63) is 11.7 Å². The summed E-state index contributed by atoms with van der Waals surface area (Å²) in [5, 5.41) is 15.0. The van der Waals surface area contributed by atoms with E-state index in [0.29, 0.717) is 11.7 Å². The molecule has 0 aliphatic heterocycles. The van der Waals surface area contributed by atoms with Gasteiger partial charge in [-0.2, -0.15) is 4.98 Å². The zero-order valence-electron chi connectivity index (χ0n) is 10.7. The number of nitrogens with one attached hydrogen (secondary N) is 1. The Labute approximate surface area is 105 Å². The van der Waals surface area contributed by atoms with Crippen molar-refractivity contribution < 1.29 is 19.2 Å². The molecule has 0 unspecified atom stereocenters. The lowest BCUT2D eigenvalue weighted by Gasteiger charge is -2.21. The normalized spacial score (nSPS) is 11.3. The minimum absolute atomic E-state index is 0.0538. The SMILES string of the molecule is Cc1nc(CNC(=O)CC(C)(C)CC(=O)O)no1. The van der Waals surface area contributed by atoms with Gasteiger partial charge >= 0.3 is 5.97 Å². The maximum Gasteiger partial charge on any atom is 0.303 e. The molecule has 1 heterocycles. The first-order chi connectivity index (χ1) is 8.28. The predicted molar refractivity (Wildman–Crippen MR) is 61.5 cm³/mol. The number of amides is 1. The van der Waals surface area contributed by atoms with E-state index >= 15 is 0 Å². The molecule has 0 aromatic carbocycles. The highest BCUT2D eigenvalue weighted by Crippen LogP contribution is 2.24. The fourth-order valence-corrected chi connectivity index (χ4v) is 1.56.